The molecule has 2 heterocycles. The Kier molecular flexibility index (Phi) is 5.38. The minimum absolute atomic E-state index is 0.212. The lowest BCUT2D eigenvalue weighted by molar-refractivity contribution is -0.111. The standard InChI is InChI=1S/C24H26N2O3/c1-4-28-21-13-22-19(17-7-5-6-8-20(17)29-22)12-18(21)16(3)11-24(27)26-23-10-9-15(2)14-25-23/h9-14H,4-8H2,1-3H3,(H,25,26,27)/b16-11+. The van der Waals surface area contributed by atoms with E-state index >= 15 is 0 Å². The van der Waals surface area contributed by atoms with Gasteiger partial charge < -0.3 is 14.5 Å². The van der Waals surface area contributed by atoms with Gasteiger partial charge in [-0.15, -0.1) is 0 Å². The molecule has 1 N–H and O–H groups in total. The van der Waals surface area contributed by atoms with Crippen LogP contribution in [0.25, 0.3) is 16.5 Å². The number of amides is 1. The van der Waals surface area contributed by atoms with Crippen LogP contribution in [0.5, 0.6) is 5.75 Å². The summed E-state index contributed by atoms with van der Waals surface area (Å²) in [5.41, 5.74) is 4.97. The van der Waals surface area contributed by atoms with E-state index in [-0.39, 0.29) is 5.91 Å². The van der Waals surface area contributed by atoms with Crippen molar-refractivity contribution >= 4 is 28.3 Å². The van der Waals surface area contributed by atoms with Crippen molar-refractivity contribution in [1.82, 2.24) is 4.98 Å². The van der Waals surface area contributed by atoms with Gasteiger partial charge in [0.2, 0.25) is 5.91 Å². The Morgan fingerprint density at radius 1 is 1.28 bits per heavy atom. The summed E-state index contributed by atoms with van der Waals surface area (Å²) in [7, 11) is 0. The SMILES string of the molecule is CCOc1cc2oc3c(c2cc1/C(C)=C/C(=O)Nc1ccc(C)cn1)CCCC3. The molecule has 150 valence electrons. The van der Waals surface area contributed by atoms with E-state index in [1.807, 2.05) is 32.9 Å². The average molecular weight is 390 g/mol. The van der Waals surface area contributed by atoms with E-state index in [0.717, 1.165) is 52.0 Å². The first-order chi connectivity index (χ1) is 14.0. The first-order valence-electron chi connectivity index (χ1n) is 10.2. The van der Waals surface area contributed by atoms with Gasteiger partial charge in [-0.3, -0.25) is 4.79 Å². The van der Waals surface area contributed by atoms with Gasteiger partial charge in [0.1, 0.15) is 22.9 Å². The topological polar surface area (TPSA) is 64.4 Å². The number of nitrogens with zero attached hydrogens (tertiary/aromatic N) is 1. The lowest BCUT2D eigenvalue weighted by Gasteiger charge is -2.12. The van der Waals surface area contributed by atoms with Crippen molar-refractivity contribution in [2.75, 3.05) is 11.9 Å². The number of allylic oxidation sites excluding steroid dienone is 1. The highest BCUT2D eigenvalue weighted by Crippen LogP contribution is 2.38. The number of hydrogen-bond acceptors (Lipinski definition) is 4. The number of benzene rings is 1. The summed E-state index contributed by atoms with van der Waals surface area (Å²) in [6, 6.07) is 7.79. The molecule has 4 rings (SSSR count). The molecule has 5 nitrogen and oxygen atoms in total. The summed E-state index contributed by atoms with van der Waals surface area (Å²) in [5, 5.41) is 3.95. The number of aryl methyl sites for hydroxylation is 3. The predicted molar refractivity (Wildman–Crippen MR) is 115 cm³/mol. The van der Waals surface area contributed by atoms with E-state index < -0.39 is 0 Å². The van der Waals surface area contributed by atoms with Crippen LogP contribution in [-0.4, -0.2) is 17.5 Å². The first kappa shape index (κ1) is 19.2. The number of aromatic nitrogens is 1. The van der Waals surface area contributed by atoms with Gasteiger partial charge in [-0.25, -0.2) is 4.98 Å². The van der Waals surface area contributed by atoms with Crippen LogP contribution < -0.4 is 10.1 Å². The highest BCUT2D eigenvalue weighted by molar-refractivity contribution is 6.04. The van der Waals surface area contributed by atoms with Gasteiger partial charge in [-0.1, -0.05) is 6.07 Å². The number of rotatable bonds is 5. The normalized spacial score (nSPS) is 14.0. The molecule has 29 heavy (non-hydrogen) atoms. The molecule has 1 amide bonds. The molecule has 1 aliphatic carbocycles. The number of hydrogen-bond donors (Lipinski definition) is 1. The summed E-state index contributed by atoms with van der Waals surface area (Å²) in [5.74, 6) is 2.15. The maximum atomic E-state index is 12.5. The predicted octanol–water partition coefficient (Wildman–Crippen LogP) is 5.46. The number of fused-ring (bicyclic) bond motifs is 3. The van der Waals surface area contributed by atoms with Gasteiger partial charge in [0, 0.05) is 41.3 Å². The van der Waals surface area contributed by atoms with Gasteiger partial charge in [0.15, 0.2) is 0 Å². The van der Waals surface area contributed by atoms with Crippen molar-refractivity contribution in [3.8, 4) is 5.75 Å². The molecular weight excluding hydrogens is 364 g/mol. The molecule has 1 aromatic carbocycles. The summed E-state index contributed by atoms with van der Waals surface area (Å²) >= 11 is 0. The fraction of sp³-hybridized carbons (Fsp3) is 0.333. The van der Waals surface area contributed by atoms with Gasteiger partial charge in [-0.2, -0.15) is 0 Å². The van der Waals surface area contributed by atoms with E-state index in [4.69, 9.17) is 9.15 Å². The van der Waals surface area contributed by atoms with E-state index in [1.54, 1.807) is 18.3 Å². The highest BCUT2D eigenvalue weighted by Gasteiger charge is 2.20. The number of furan rings is 1. The maximum Gasteiger partial charge on any atom is 0.249 e. The molecule has 0 bridgehead atoms. The van der Waals surface area contributed by atoms with Crippen LogP contribution in [0, 0.1) is 6.92 Å². The molecule has 0 fully saturated rings. The molecule has 3 aromatic rings. The Bertz CT molecular complexity index is 1080. The minimum atomic E-state index is -0.212. The van der Waals surface area contributed by atoms with Crippen molar-refractivity contribution in [2.24, 2.45) is 0 Å². The molecule has 2 aromatic heterocycles. The fourth-order valence-electron chi connectivity index (χ4n) is 3.85. The molecule has 0 radical (unpaired) electrons. The van der Waals surface area contributed by atoms with Crippen LogP contribution in [0.2, 0.25) is 0 Å². The monoisotopic (exact) mass is 390 g/mol. The number of carbonyl (C=O) groups excluding carboxylic acids is 1. The van der Waals surface area contributed by atoms with Crippen molar-refractivity contribution < 1.29 is 13.9 Å². The maximum absolute atomic E-state index is 12.5. The molecule has 0 atom stereocenters. The van der Waals surface area contributed by atoms with Gasteiger partial charge in [-0.05, 0) is 63.3 Å². The van der Waals surface area contributed by atoms with E-state index in [0.29, 0.717) is 12.4 Å². The molecule has 0 aliphatic heterocycles. The van der Waals surface area contributed by atoms with Gasteiger partial charge >= 0.3 is 0 Å². The van der Waals surface area contributed by atoms with Crippen molar-refractivity contribution in [1.29, 1.82) is 0 Å². The molecule has 0 saturated heterocycles. The summed E-state index contributed by atoms with van der Waals surface area (Å²) in [6.45, 7) is 6.39. The minimum Gasteiger partial charge on any atom is -0.493 e. The van der Waals surface area contributed by atoms with Crippen LogP contribution in [-0.2, 0) is 17.6 Å². The molecular formula is C24H26N2O3. The average Bonchev–Trinajstić information content (AvgIpc) is 3.06. The molecule has 1 aliphatic rings. The second kappa shape index (κ2) is 8.11. The number of pyridine rings is 1. The molecule has 0 saturated carbocycles. The second-order valence-corrected chi connectivity index (χ2v) is 7.53. The lowest BCUT2D eigenvalue weighted by Crippen LogP contribution is -2.10. The van der Waals surface area contributed by atoms with Crippen LogP contribution in [0.4, 0.5) is 5.82 Å². The Labute approximate surface area is 170 Å². The van der Waals surface area contributed by atoms with E-state index in [2.05, 4.69) is 16.4 Å². The summed E-state index contributed by atoms with van der Waals surface area (Å²) < 4.78 is 12.0. The van der Waals surface area contributed by atoms with E-state index in [1.165, 1.54) is 18.4 Å². The third kappa shape index (κ3) is 4.04. The van der Waals surface area contributed by atoms with Crippen LogP contribution in [0.3, 0.4) is 0 Å². The Hall–Kier alpha value is -3.08. The van der Waals surface area contributed by atoms with Crippen molar-refractivity contribution in [3.63, 3.8) is 0 Å². The number of nitrogens with one attached hydrogen (secondary N) is 1. The zero-order valence-electron chi connectivity index (χ0n) is 17.2. The van der Waals surface area contributed by atoms with Crippen LogP contribution >= 0.6 is 0 Å². The fourth-order valence-corrected chi connectivity index (χ4v) is 3.85. The highest BCUT2D eigenvalue weighted by atomic mass is 16.5. The Morgan fingerprint density at radius 3 is 2.86 bits per heavy atom. The van der Waals surface area contributed by atoms with Crippen molar-refractivity contribution in [3.05, 3.63) is 59.0 Å². The summed E-state index contributed by atoms with van der Waals surface area (Å²) in [4.78, 5) is 16.7. The zero-order chi connectivity index (χ0) is 20.4. The molecule has 0 spiro atoms. The molecule has 0 unspecified atom stereocenters. The quantitative estimate of drug-likeness (QED) is 0.588. The van der Waals surface area contributed by atoms with Crippen LogP contribution in [0.15, 0.2) is 41.0 Å². The number of ether oxygens (including phenoxy) is 1. The number of carbonyl (C=O) groups is 1. The van der Waals surface area contributed by atoms with Gasteiger partial charge in [0.05, 0.1) is 6.61 Å². The first-order valence-corrected chi connectivity index (χ1v) is 10.2. The largest absolute Gasteiger partial charge is 0.493 e. The third-order valence-electron chi connectivity index (χ3n) is 5.29. The van der Waals surface area contributed by atoms with Gasteiger partial charge in [0.25, 0.3) is 0 Å². The number of anilines is 1. The second-order valence-electron chi connectivity index (χ2n) is 7.53. The Morgan fingerprint density at radius 2 is 2.10 bits per heavy atom. The zero-order valence-corrected chi connectivity index (χ0v) is 17.2. The molecule has 5 heteroatoms. The van der Waals surface area contributed by atoms with Crippen LogP contribution in [0.1, 0.15) is 49.1 Å². The summed E-state index contributed by atoms with van der Waals surface area (Å²) in [6.07, 6.45) is 7.71. The van der Waals surface area contributed by atoms with Crippen molar-refractivity contribution in [2.45, 2.75) is 46.5 Å². The third-order valence-corrected chi connectivity index (χ3v) is 5.29. The lowest BCUT2D eigenvalue weighted by atomic mass is 9.94. The Balaban J connectivity index is 1.68. The van der Waals surface area contributed by atoms with E-state index in [9.17, 15) is 4.79 Å². The smallest absolute Gasteiger partial charge is 0.249 e.